The van der Waals surface area contributed by atoms with Crippen LogP contribution in [-0.4, -0.2) is 14.1 Å². The molecule has 0 heterocycles. The van der Waals surface area contributed by atoms with Crippen LogP contribution in [0.5, 0.6) is 0 Å². The van der Waals surface area contributed by atoms with Crippen molar-refractivity contribution in [2.45, 2.75) is 6.92 Å². The van der Waals surface area contributed by atoms with Crippen LogP contribution in [0.25, 0.3) is 11.6 Å². The van der Waals surface area contributed by atoms with E-state index in [1.165, 1.54) is 5.56 Å². The van der Waals surface area contributed by atoms with Gasteiger partial charge in [-0.15, -0.1) is 0 Å². The minimum absolute atomic E-state index is 0.666. The van der Waals surface area contributed by atoms with Crippen LogP contribution in [0.3, 0.4) is 0 Å². The number of anilines is 1. The summed E-state index contributed by atoms with van der Waals surface area (Å²) in [5.41, 5.74) is 4.91. The van der Waals surface area contributed by atoms with Gasteiger partial charge in [0.1, 0.15) is 0 Å². The summed E-state index contributed by atoms with van der Waals surface area (Å²) in [6.45, 7) is 2.04. The van der Waals surface area contributed by atoms with Gasteiger partial charge >= 0.3 is 0 Å². The molecule has 0 radical (unpaired) electrons. The molecule has 2 aromatic rings. The molecule has 0 aliphatic carbocycles. The van der Waals surface area contributed by atoms with Crippen LogP contribution in [0.2, 0.25) is 0 Å². The average molecular weight is 341 g/mol. The number of benzene rings is 2. The smallest absolute Gasteiger partial charge is 0.0998 e. The number of halogens is 1. The molecule has 0 aromatic heterocycles. The van der Waals surface area contributed by atoms with E-state index in [0.29, 0.717) is 5.57 Å². The lowest BCUT2D eigenvalue weighted by Gasteiger charge is -2.14. The van der Waals surface area contributed by atoms with Crippen LogP contribution < -0.4 is 4.90 Å². The van der Waals surface area contributed by atoms with E-state index in [1.807, 2.05) is 74.5 Å². The predicted octanol–water partition coefficient (Wildman–Crippen LogP) is 4.89. The van der Waals surface area contributed by atoms with E-state index in [1.54, 1.807) is 0 Å². The van der Waals surface area contributed by atoms with E-state index in [9.17, 15) is 5.26 Å². The fourth-order valence-electron chi connectivity index (χ4n) is 2.06. The summed E-state index contributed by atoms with van der Waals surface area (Å²) in [6, 6.07) is 16.4. The Hall–Kier alpha value is -2.05. The number of nitrogens with zero attached hydrogens (tertiary/aromatic N) is 2. The van der Waals surface area contributed by atoms with E-state index in [2.05, 4.69) is 22.0 Å². The van der Waals surface area contributed by atoms with Crippen molar-refractivity contribution in [3.05, 3.63) is 63.6 Å². The summed E-state index contributed by atoms with van der Waals surface area (Å²) < 4.78 is 1.02. The first kappa shape index (κ1) is 15.3. The van der Waals surface area contributed by atoms with E-state index in [0.717, 1.165) is 21.3 Å². The summed E-state index contributed by atoms with van der Waals surface area (Å²) in [5.74, 6) is 0. The normalized spacial score (nSPS) is 11.1. The van der Waals surface area contributed by atoms with E-state index >= 15 is 0 Å². The monoisotopic (exact) mass is 340 g/mol. The molecule has 0 atom stereocenters. The SMILES string of the molecule is Cc1ccc(/C(C#N)=C\c2ccc(N(C)C)c(Br)c2)cc1. The van der Waals surface area contributed by atoms with Crippen LogP contribution >= 0.6 is 15.9 Å². The highest BCUT2D eigenvalue weighted by Crippen LogP contribution is 2.27. The third kappa shape index (κ3) is 3.74. The molecule has 0 fully saturated rings. The third-order valence-electron chi connectivity index (χ3n) is 3.25. The maximum atomic E-state index is 9.38. The van der Waals surface area contributed by atoms with Crippen molar-refractivity contribution >= 4 is 33.3 Å². The first-order valence-electron chi connectivity index (χ1n) is 6.67. The molecule has 0 aliphatic rings. The average Bonchev–Trinajstić information content (AvgIpc) is 2.45. The van der Waals surface area contributed by atoms with Gasteiger partial charge in [-0.05, 0) is 52.2 Å². The van der Waals surface area contributed by atoms with Gasteiger partial charge in [0.05, 0.1) is 17.3 Å². The second-order valence-electron chi connectivity index (χ2n) is 5.14. The minimum Gasteiger partial charge on any atom is -0.377 e. The molecule has 2 aromatic carbocycles. The lowest BCUT2D eigenvalue weighted by molar-refractivity contribution is 1.12. The minimum atomic E-state index is 0.666. The molecular weight excluding hydrogens is 324 g/mol. The zero-order chi connectivity index (χ0) is 15.4. The molecule has 3 heteroatoms. The topological polar surface area (TPSA) is 27.0 Å². The van der Waals surface area contributed by atoms with E-state index in [4.69, 9.17) is 0 Å². The van der Waals surface area contributed by atoms with E-state index in [-0.39, 0.29) is 0 Å². The van der Waals surface area contributed by atoms with Crippen molar-refractivity contribution in [2.24, 2.45) is 0 Å². The van der Waals surface area contributed by atoms with Crippen LogP contribution in [0.1, 0.15) is 16.7 Å². The lowest BCUT2D eigenvalue weighted by Crippen LogP contribution is -2.09. The highest BCUT2D eigenvalue weighted by atomic mass is 79.9. The Kier molecular flexibility index (Phi) is 4.82. The lowest BCUT2D eigenvalue weighted by atomic mass is 10.0. The Labute approximate surface area is 134 Å². The highest BCUT2D eigenvalue weighted by Gasteiger charge is 2.04. The number of hydrogen-bond donors (Lipinski definition) is 0. The quantitative estimate of drug-likeness (QED) is 0.587. The predicted molar refractivity (Wildman–Crippen MR) is 93.1 cm³/mol. The molecular formula is C18H17BrN2. The van der Waals surface area contributed by atoms with Crippen LogP contribution in [0.4, 0.5) is 5.69 Å². The van der Waals surface area contributed by atoms with Crippen molar-refractivity contribution in [3.63, 3.8) is 0 Å². The Morgan fingerprint density at radius 2 is 1.81 bits per heavy atom. The first-order valence-corrected chi connectivity index (χ1v) is 7.46. The third-order valence-corrected chi connectivity index (χ3v) is 3.88. The summed E-state index contributed by atoms with van der Waals surface area (Å²) in [4.78, 5) is 2.04. The largest absolute Gasteiger partial charge is 0.377 e. The van der Waals surface area contributed by atoms with Crippen molar-refractivity contribution in [3.8, 4) is 6.07 Å². The molecule has 0 unspecified atom stereocenters. The van der Waals surface area contributed by atoms with Gasteiger partial charge in [0.2, 0.25) is 0 Å². The molecule has 2 rings (SSSR count). The number of hydrogen-bond acceptors (Lipinski definition) is 2. The number of nitriles is 1. The molecule has 2 nitrogen and oxygen atoms in total. The first-order chi connectivity index (χ1) is 10.0. The van der Waals surface area contributed by atoms with Gasteiger partial charge in [-0.2, -0.15) is 5.26 Å². The molecule has 0 spiro atoms. The van der Waals surface area contributed by atoms with Crippen LogP contribution in [-0.2, 0) is 0 Å². The van der Waals surface area contributed by atoms with Crippen LogP contribution in [0, 0.1) is 18.3 Å². The molecule has 0 bridgehead atoms. The van der Waals surface area contributed by atoms with Gasteiger partial charge < -0.3 is 4.90 Å². The van der Waals surface area contributed by atoms with Gasteiger partial charge in [0.15, 0.2) is 0 Å². The zero-order valence-corrected chi connectivity index (χ0v) is 14.0. The van der Waals surface area contributed by atoms with Gasteiger partial charge in [-0.1, -0.05) is 35.9 Å². The van der Waals surface area contributed by atoms with Gasteiger partial charge in [0.25, 0.3) is 0 Å². The highest BCUT2D eigenvalue weighted by molar-refractivity contribution is 9.10. The van der Waals surface area contributed by atoms with Crippen molar-refractivity contribution in [2.75, 3.05) is 19.0 Å². The fraction of sp³-hybridized carbons (Fsp3) is 0.167. The zero-order valence-electron chi connectivity index (χ0n) is 12.4. The van der Waals surface area contributed by atoms with E-state index < -0.39 is 0 Å². The Balaban J connectivity index is 2.39. The molecule has 106 valence electrons. The van der Waals surface area contributed by atoms with Crippen molar-refractivity contribution in [1.29, 1.82) is 5.26 Å². The molecule has 0 amide bonds. The molecule has 21 heavy (non-hydrogen) atoms. The maximum Gasteiger partial charge on any atom is 0.0998 e. The Morgan fingerprint density at radius 3 is 2.33 bits per heavy atom. The Morgan fingerprint density at radius 1 is 1.14 bits per heavy atom. The van der Waals surface area contributed by atoms with Crippen molar-refractivity contribution < 1.29 is 0 Å². The summed E-state index contributed by atoms with van der Waals surface area (Å²) in [6.07, 6.45) is 1.91. The molecule has 0 saturated heterocycles. The van der Waals surface area contributed by atoms with Gasteiger partial charge in [-0.25, -0.2) is 0 Å². The van der Waals surface area contributed by atoms with Gasteiger partial charge in [-0.3, -0.25) is 0 Å². The Bertz CT molecular complexity index is 707. The second-order valence-corrected chi connectivity index (χ2v) is 6.00. The molecule has 0 aliphatic heterocycles. The number of allylic oxidation sites excluding steroid dienone is 1. The second kappa shape index (κ2) is 6.60. The fourth-order valence-corrected chi connectivity index (χ4v) is 2.81. The summed E-state index contributed by atoms with van der Waals surface area (Å²) in [7, 11) is 4.01. The summed E-state index contributed by atoms with van der Waals surface area (Å²) >= 11 is 3.57. The maximum absolute atomic E-state index is 9.38. The van der Waals surface area contributed by atoms with Crippen LogP contribution in [0.15, 0.2) is 46.9 Å². The molecule has 0 saturated carbocycles. The summed E-state index contributed by atoms with van der Waals surface area (Å²) in [5, 5.41) is 9.38. The van der Waals surface area contributed by atoms with Gasteiger partial charge in [0, 0.05) is 18.6 Å². The number of aryl methyl sites for hydroxylation is 1. The molecule has 0 N–H and O–H groups in total. The van der Waals surface area contributed by atoms with Crippen molar-refractivity contribution in [1.82, 2.24) is 0 Å². The standard InChI is InChI=1S/C18H17BrN2/c1-13-4-7-15(8-5-13)16(12-20)10-14-6-9-18(21(2)3)17(19)11-14/h4-11H,1-3H3/b16-10-. The number of rotatable bonds is 3.